The molecule has 0 saturated carbocycles. The molecule has 6 heteroatoms. The van der Waals surface area contributed by atoms with Gasteiger partial charge in [0, 0.05) is 25.2 Å². The van der Waals surface area contributed by atoms with Gasteiger partial charge < -0.3 is 19.9 Å². The highest BCUT2D eigenvalue weighted by Gasteiger charge is 2.32. The number of aryl methyl sites for hydroxylation is 2. The summed E-state index contributed by atoms with van der Waals surface area (Å²) in [5, 5.41) is 2.77. The van der Waals surface area contributed by atoms with Crippen LogP contribution < -0.4 is 10.2 Å². The number of hydrogen-bond donors (Lipinski definition) is 1. The van der Waals surface area contributed by atoms with Crippen molar-refractivity contribution in [1.82, 2.24) is 10.2 Å². The van der Waals surface area contributed by atoms with Crippen molar-refractivity contribution in [2.45, 2.75) is 26.3 Å². The van der Waals surface area contributed by atoms with Crippen LogP contribution in [0, 0.1) is 13.8 Å². The van der Waals surface area contributed by atoms with E-state index < -0.39 is 6.09 Å². The minimum absolute atomic E-state index is 0.0202. The minimum Gasteiger partial charge on any atom is -0.448 e. The number of alkyl carbamates (subject to hydrolysis) is 1. The van der Waals surface area contributed by atoms with Gasteiger partial charge in [-0.05, 0) is 51.2 Å². The number of nitrogens with zero attached hydrogens (tertiary/aromatic N) is 2. The molecule has 1 saturated heterocycles. The Bertz CT molecular complexity index is 586. The fourth-order valence-electron chi connectivity index (χ4n) is 2.48. The van der Waals surface area contributed by atoms with Gasteiger partial charge in [0.25, 0.3) is 0 Å². The third-order valence-electron chi connectivity index (χ3n) is 4.02. The zero-order valence-corrected chi connectivity index (χ0v) is 14.3. The van der Waals surface area contributed by atoms with Crippen LogP contribution in [0.5, 0.6) is 0 Å². The average Bonchev–Trinajstić information content (AvgIpc) is 2.82. The normalized spacial score (nSPS) is 17.7. The number of likely N-dealkylation sites (N-methyl/N-ethyl adjacent to an activating group) is 1. The number of amides is 2. The molecule has 2 rings (SSSR count). The Kier molecular flexibility index (Phi) is 5.60. The molecular formula is C17H25N3O3. The second-order valence-corrected chi connectivity index (χ2v) is 6.26. The number of rotatable bonds is 5. The lowest BCUT2D eigenvalue weighted by atomic mass is 10.1. The number of hydrogen-bond acceptors (Lipinski definition) is 4. The SMILES string of the molecule is Cc1ccc(N2C[C@H](NC(=O)OCCN(C)C)CC2=O)cc1C. The molecule has 1 atom stereocenters. The second kappa shape index (κ2) is 7.46. The van der Waals surface area contributed by atoms with Crippen LogP contribution in [0.1, 0.15) is 17.5 Å². The molecule has 1 aliphatic rings. The van der Waals surface area contributed by atoms with Crippen LogP contribution in [-0.4, -0.2) is 56.7 Å². The summed E-state index contributed by atoms with van der Waals surface area (Å²) in [5.41, 5.74) is 3.22. The van der Waals surface area contributed by atoms with Crippen LogP contribution in [0.4, 0.5) is 10.5 Å². The Balaban J connectivity index is 1.89. The fourth-order valence-corrected chi connectivity index (χ4v) is 2.48. The van der Waals surface area contributed by atoms with E-state index in [1.54, 1.807) is 4.90 Å². The van der Waals surface area contributed by atoms with Gasteiger partial charge in [-0.3, -0.25) is 4.79 Å². The summed E-state index contributed by atoms with van der Waals surface area (Å²) in [6.45, 7) is 5.55. The van der Waals surface area contributed by atoms with E-state index in [-0.39, 0.29) is 11.9 Å². The number of nitrogens with one attached hydrogen (secondary N) is 1. The molecule has 1 N–H and O–H groups in total. The lowest BCUT2D eigenvalue weighted by Gasteiger charge is -2.18. The lowest BCUT2D eigenvalue weighted by Crippen LogP contribution is -2.38. The number of anilines is 1. The molecule has 0 aromatic heterocycles. The van der Waals surface area contributed by atoms with Crippen molar-refractivity contribution in [2.24, 2.45) is 0 Å². The molecule has 0 bridgehead atoms. The quantitative estimate of drug-likeness (QED) is 0.897. The molecule has 1 fully saturated rings. The Hall–Kier alpha value is -2.08. The Labute approximate surface area is 137 Å². The van der Waals surface area contributed by atoms with Crippen molar-refractivity contribution in [2.75, 3.05) is 38.7 Å². The monoisotopic (exact) mass is 319 g/mol. The fraction of sp³-hybridized carbons (Fsp3) is 0.529. The topological polar surface area (TPSA) is 61.9 Å². The number of carbonyl (C=O) groups excluding carboxylic acids is 2. The van der Waals surface area contributed by atoms with Crippen LogP contribution in [0.3, 0.4) is 0 Å². The van der Waals surface area contributed by atoms with Crippen LogP contribution in [0.15, 0.2) is 18.2 Å². The van der Waals surface area contributed by atoms with E-state index in [0.717, 1.165) is 11.3 Å². The summed E-state index contributed by atoms with van der Waals surface area (Å²) in [7, 11) is 3.83. The summed E-state index contributed by atoms with van der Waals surface area (Å²) < 4.78 is 5.10. The number of ether oxygens (including phenoxy) is 1. The Morgan fingerprint density at radius 2 is 2.09 bits per heavy atom. The molecule has 126 valence electrons. The Morgan fingerprint density at radius 3 is 2.74 bits per heavy atom. The van der Waals surface area contributed by atoms with E-state index in [1.165, 1.54) is 5.56 Å². The first-order valence-electron chi connectivity index (χ1n) is 7.82. The van der Waals surface area contributed by atoms with Gasteiger partial charge in [-0.1, -0.05) is 6.07 Å². The molecule has 1 aliphatic heterocycles. The van der Waals surface area contributed by atoms with Gasteiger partial charge in [0.15, 0.2) is 0 Å². The van der Waals surface area contributed by atoms with Crippen molar-refractivity contribution >= 4 is 17.7 Å². The van der Waals surface area contributed by atoms with Gasteiger partial charge in [-0.25, -0.2) is 4.79 Å². The van der Waals surface area contributed by atoms with E-state index in [9.17, 15) is 9.59 Å². The maximum absolute atomic E-state index is 12.2. The molecular weight excluding hydrogens is 294 g/mol. The smallest absolute Gasteiger partial charge is 0.407 e. The third-order valence-corrected chi connectivity index (χ3v) is 4.02. The molecule has 1 aromatic carbocycles. The van der Waals surface area contributed by atoms with E-state index >= 15 is 0 Å². The molecule has 0 spiro atoms. The average molecular weight is 319 g/mol. The molecule has 0 unspecified atom stereocenters. The third kappa shape index (κ3) is 4.69. The zero-order chi connectivity index (χ0) is 17.0. The molecule has 1 heterocycles. The van der Waals surface area contributed by atoms with Gasteiger partial charge in [-0.15, -0.1) is 0 Å². The molecule has 0 aliphatic carbocycles. The lowest BCUT2D eigenvalue weighted by molar-refractivity contribution is -0.117. The predicted octanol–water partition coefficient (Wildman–Crippen LogP) is 1.70. The molecule has 0 radical (unpaired) electrons. The summed E-state index contributed by atoms with van der Waals surface area (Å²) in [6.07, 6.45) is -0.165. The van der Waals surface area contributed by atoms with Crippen LogP contribution >= 0.6 is 0 Å². The summed E-state index contributed by atoms with van der Waals surface area (Å²) >= 11 is 0. The van der Waals surface area contributed by atoms with Crippen LogP contribution in [0.25, 0.3) is 0 Å². The van der Waals surface area contributed by atoms with Gasteiger partial charge in [0.1, 0.15) is 6.61 Å². The van der Waals surface area contributed by atoms with Crippen molar-refractivity contribution in [3.8, 4) is 0 Å². The van der Waals surface area contributed by atoms with E-state index in [1.807, 2.05) is 51.0 Å². The number of carbonyl (C=O) groups is 2. The standard InChI is InChI=1S/C17H25N3O3/c1-12-5-6-15(9-13(12)2)20-11-14(10-16(20)21)18-17(22)23-8-7-19(3)4/h5-6,9,14H,7-8,10-11H2,1-4H3,(H,18,22)/t14-/m1/s1. The van der Waals surface area contributed by atoms with E-state index in [2.05, 4.69) is 5.32 Å². The van der Waals surface area contributed by atoms with Crippen LogP contribution in [-0.2, 0) is 9.53 Å². The van der Waals surface area contributed by atoms with Crippen molar-refractivity contribution < 1.29 is 14.3 Å². The maximum Gasteiger partial charge on any atom is 0.407 e. The molecule has 23 heavy (non-hydrogen) atoms. The molecule has 6 nitrogen and oxygen atoms in total. The van der Waals surface area contributed by atoms with E-state index in [4.69, 9.17) is 4.74 Å². The molecule has 2 amide bonds. The van der Waals surface area contributed by atoms with E-state index in [0.29, 0.717) is 26.1 Å². The Morgan fingerprint density at radius 1 is 1.35 bits per heavy atom. The largest absolute Gasteiger partial charge is 0.448 e. The van der Waals surface area contributed by atoms with Crippen molar-refractivity contribution in [3.63, 3.8) is 0 Å². The first-order valence-corrected chi connectivity index (χ1v) is 7.82. The second-order valence-electron chi connectivity index (χ2n) is 6.26. The highest BCUT2D eigenvalue weighted by molar-refractivity contribution is 5.96. The summed E-state index contributed by atoms with van der Waals surface area (Å²) in [5.74, 6) is 0.0202. The minimum atomic E-state index is -0.466. The molecule has 1 aromatic rings. The van der Waals surface area contributed by atoms with Gasteiger partial charge in [-0.2, -0.15) is 0 Å². The van der Waals surface area contributed by atoms with Gasteiger partial charge >= 0.3 is 6.09 Å². The highest BCUT2D eigenvalue weighted by atomic mass is 16.5. The summed E-state index contributed by atoms with van der Waals surface area (Å²) in [4.78, 5) is 27.6. The maximum atomic E-state index is 12.2. The highest BCUT2D eigenvalue weighted by Crippen LogP contribution is 2.24. The van der Waals surface area contributed by atoms with Crippen molar-refractivity contribution in [3.05, 3.63) is 29.3 Å². The van der Waals surface area contributed by atoms with Gasteiger partial charge in [0.05, 0.1) is 6.04 Å². The number of benzene rings is 1. The first-order chi connectivity index (χ1) is 10.9. The predicted molar refractivity (Wildman–Crippen MR) is 89.7 cm³/mol. The van der Waals surface area contributed by atoms with Crippen LogP contribution in [0.2, 0.25) is 0 Å². The summed E-state index contributed by atoms with van der Waals surface area (Å²) in [6, 6.07) is 5.74. The zero-order valence-electron chi connectivity index (χ0n) is 14.3. The van der Waals surface area contributed by atoms with Gasteiger partial charge in [0.2, 0.25) is 5.91 Å². The first kappa shape index (κ1) is 17.3. The van der Waals surface area contributed by atoms with Crippen molar-refractivity contribution in [1.29, 1.82) is 0 Å².